The van der Waals surface area contributed by atoms with Crippen LogP contribution in [0.1, 0.15) is 36.5 Å². The Morgan fingerprint density at radius 1 is 1.42 bits per heavy atom. The van der Waals surface area contributed by atoms with Gasteiger partial charge in [-0.2, -0.15) is 18.3 Å². The predicted octanol–water partition coefficient (Wildman–Crippen LogP) is 1.85. The average molecular weight is 374 g/mol. The molecular formula is C15H14F4N4O3. The molecule has 2 aromatic rings. The van der Waals surface area contributed by atoms with Gasteiger partial charge in [0.15, 0.2) is 11.5 Å². The van der Waals surface area contributed by atoms with Crippen LogP contribution >= 0.6 is 0 Å². The lowest BCUT2D eigenvalue weighted by atomic mass is 9.94. The van der Waals surface area contributed by atoms with Crippen LogP contribution < -0.4 is 5.69 Å². The fraction of sp³-hybridized carbons (Fsp3) is 0.467. The normalized spacial score (nSPS) is 20.0. The van der Waals surface area contributed by atoms with E-state index in [-0.39, 0.29) is 18.2 Å². The summed E-state index contributed by atoms with van der Waals surface area (Å²) in [6, 6.07) is -0.0878. The van der Waals surface area contributed by atoms with Crippen LogP contribution in [-0.4, -0.2) is 30.4 Å². The number of aliphatic carboxylic acids is 1. The van der Waals surface area contributed by atoms with E-state index in [0.717, 1.165) is 21.5 Å². The van der Waals surface area contributed by atoms with Crippen molar-refractivity contribution in [2.45, 2.75) is 38.5 Å². The van der Waals surface area contributed by atoms with Gasteiger partial charge < -0.3 is 5.11 Å². The number of pyridine rings is 1. The first-order chi connectivity index (χ1) is 12.1. The predicted molar refractivity (Wildman–Crippen MR) is 78.9 cm³/mol. The van der Waals surface area contributed by atoms with Crippen LogP contribution in [0.3, 0.4) is 0 Å². The van der Waals surface area contributed by atoms with Gasteiger partial charge in [0.25, 0.3) is 0 Å². The molecule has 1 N–H and O–H groups in total. The molecule has 2 aromatic heterocycles. The Kier molecular flexibility index (Phi) is 4.32. The fourth-order valence-electron chi connectivity index (χ4n) is 3.08. The Bertz CT molecular complexity index is 919. The smallest absolute Gasteiger partial charge is 0.436 e. The first-order valence-corrected chi connectivity index (χ1v) is 7.71. The molecule has 3 rings (SSSR count). The van der Waals surface area contributed by atoms with E-state index >= 15 is 0 Å². The highest BCUT2D eigenvalue weighted by atomic mass is 19.4. The van der Waals surface area contributed by atoms with E-state index in [1.807, 2.05) is 0 Å². The third-order valence-electron chi connectivity index (χ3n) is 4.25. The Hall–Kier alpha value is -2.72. The van der Waals surface area contributed by atoms with E-state index in [1.165, 1.54) is 0 Å². The van der Waals surface area contributed by atoms with Gasteiger partial charge in [-0.1, -0.05) is 6.92 Å². The number of hydrogen-bond acceptors (Lipinski definition) is 4. The second-order valence-electron chi connectivity index (χ2n) is 6.26. The van der Waals surface area contributed by atoms with E-state index in [4.69, 9.17) is 0 Å². The number of carboxylic acid groups (broad SMARTS) is 1. The molecular weight excluding hydrogens is 360 g/mol. The highest BCUT2D eigenvalue weighted by molar-refractivity contribution is 5.72. The van der Waals surface area contributed by atoms with E-state index < -0.39 is 47.5 Å². The highest BCUT2D eigenvalue weighted by Crippen LogP contribution is 2.31. The zero-order valence-electron chi connectivity index (χ0n) is 13.5. The lowest BCUT2D eigenvalue weighted by molar-refractivity contribution is -0.144. The van der Waals surface area contributed by atoms with Gasteiger partial charge in [-0.05, 0) is 18.4 Å². The number of carboxylic acids is 1. The van der Waals surface area contributed by atoms with Gasteiger partial charge in [0, 0.05) is 18.2 Å². The van der Waals surface area contributed by atoms with Gasteiger partial charge in [-0.25, -0.2) is 23.6 Å². The summed E-state index contributed by atoms with van der Waals surface area (Å²) in [4.78, 5) is 26.9. The van der Waals surface area contributed by atoms with Crippen molar-refractivity contribution in [3.63, 3.8) is 0 Å². The minimum Gasteiger partial charge on any atom is -0.480 e. The van der Waals surface area contributed by atoms with Gasteiger partial charge in [-0.15, -0.1) is 0 Å². The minimum atomic E-state index is -4.97. The number of nitrogens with zero attached hydrogens (tertiary/aromatic N) is 4. The monoisotopic (exact) mass is 374 g/mol. The van der Waals surface area contributed by atoms with E-state index in [9.17, 15) is 32.3 Å². The molecule has 0 spiro atoms. The molecule has 1 aliphatic rings. The first-order valence-electron chi connectivity index (χ1n) is 7.71. The van der Waals surface area contributed by atoms with Crippen molar-refractivity contribution in [2.75, 3.05) is 0 Å². The Balaban J connectivity index is 2.03. The minimum absolute atomic E-state index is 0.0339. The third-order valence-corrected chi connectivity index (χ3v) is 4.25. The summed E-state index contributed by atoms with van der Waals surface area (Å²) in [5.41, 5.74) is -2.89. The summed E-state index contributed by atoms with van der Waals surface area (Å²) >= 11 is 0. The summed E-state index contributed by atoms with van der Waals surface area (Å²) in [6.07, 6.45) is -3.60. The van der Waals surface area contributed by atoms with Crippen LogP contribution in [0, 0.1) is 11.7 Å². The van der Waals surface area contributed by atoms with Crippen LogP contribution in [0.25, 0.3) is 0 Å². The Morgan fingerprint density at radius 3 is 2.73 bits per heavy atom. The highest BCUT2D eigenvalue weighted by Gasteiger charge is 2.37. The maximum atomic E-state index is 14.1. The van der Waals surface area contributed by atoms with Crippen molar-refractivity contribution in [2.24, 2.45) is 5.92 Å². The van der Waals surface area contributed by atoms with Gasteiger partial charge in [0.2, 0.25) is 0 Å². The molecule has 0 amide bonds. The molecule has 0 radical (unpaired) electrons. The SMILES string of the molecule is C[C@H]1Cc2nn(Cc3ccnc(C(F)(F)F)c3F)c(=O)n2[C@@H](C(=O)O)C1. The summed E-state index contributed by atoms with van der Waals surface area (Å²) in [6.45, 7) is 1.25. The summed E-state index contributed by atoms with van der Waals surface area (Å²) in [5, 5.41) is 13.3. The number of halogens is 4. The topological polar surface area (TPSA) is 90.0 Å². The lowest BCUT2D eigenvalue weighted by Crippen LogP contribution is -2.36. The average Bonchev–Trinajstić information content (AvgIpc) is 2.83. The summed E-state index contributed by atoms with van der Waals surface area (Å²) < 4.78 is 54.2. The number of hydrogen-bond donors (Lipinski definition) is 1. The second kappa shape index (κ2) is 6.22. The zero-order valence-corrected chi connectivity index (χ0v) is 13.5. The van der Waals surface area contributed by atoms with Crippen molar-refractivity contribution in [3.8, 4) is 0 Å². The van der Waals surface area contributed by atoms with E-state index in [1.54, 1.807) is 6.92 Å². The Morgan fingerprint density at radius 2 is 2.12 bits per heavy atom. The molecule has 0 unspecified atom stereocenters. The zero-order chi connectivity index (χ0) is 19.2. The molecule has 11 heteroatoms. The quantitative estimate of drug-likeness (QED) is 0.829. The number of aromatic nitrogens is 4. The fourth-order valence-corrected chi connectivity index (χ4v) is 3.08. The van der Waals surface area contributed by atoms with Crippen LogP contribution in [0.5, 0.6) is 0 Å². The number of fused-ring (bicyclic) bond motifs is 1. The van der Waals surface area contributed by atoms with Gasteiger partial charge >= 0.3 is 17.8 Å². The van der Waals surface area contributed by atoms with Crippen molar-refractivity contribution < 1.29 is 27.5 Å². The molecule has 0 aliphatic carbocycles. The van der Waals surface area contributed by atoms with Crippen molar-refractivity contribution in [1.82, 2.24) is 19.3 Å². The summed E-state index contributed by atoms with van der Waals surface area (Å²) in [5.74, 6) is -2.60. The van der Waals surface area contributed by atoms with Crippen LogP contribution in [0.4, 0.5) is 17.6 Å². The first kappa shape index (κ1) is 18.1. The largest absolute Gasteiger partial charge is 0.480 e. The summed E-state index contributed by atoms with van der Waals surface area (Å²) in [7, 11) is 0. The molecule has 0 aromatic carbocycles. The maximum absolute atomic E-state index is 14.1. The van der Waals surface area contributed by atoms with Crippen molar-refractivity contribution >= 4 is 5.97 Å². The van der Waals surface area contributed by atoms with Crippen LogP contribution in [-0.2, 0) is 23.9 Å². The van der Waals surface area contributed by atoms with Gasteiger partial charge in [0.1, 0.15) is 11.9 Å². The third kappa shape index (κ3) is 3.08. The van der Waals surface area contributed by atoms with Crippen molar-refractivity contribution in [1.29, 1.82) is 0 Å². The van der Waals surface area contributed by atoms with Gasteiger partial charge in [0.05, 0.1) is 6.54 Å². The molecule has 1 aliphatic heterocycles. The molecule has 0 saturated carbocycles. The van der Waals surface area contributed by atoms with Crippen LogP contribution in [0.2, 0.25) is 0 Å². The molecule has 2 atom stereocenters. The van der Waals surface area contributed by atoms with Crippen LogP contribution in [0.15, 0.2) is 17.1 Å². The number of rotatable bonds is 3. The van der Waals surface area contributed by atoms with E-state index in [0.29, 0.717) is 6.42 Å². The maximum Gasteiger partial charge on any atom is 0.436 e. The Labute approximate surface area is 143 Å². The number of carbonyl (C=O) groups is 1. The molecule has 0 bridgehead atoms. The molecule has 7 nitrogen and oxygen atoms in total. The standard InChI is InChI=1S/C15H14F4N4O3/c1-7-4-9(13(24)25)23-10(5-7)21-22(14(23)26)6-8-2-3-20-12(11(8)16)15(17,18)19/h2-3,7,9H,4-6H2,1H3,(H,24,25)/t7-,9-/m1/s1. The van der Waals surface area contributed by atoms with Crippen molar-refractivity contribution in [3.05, 3.63) is 45.6 Å². The molecule has 3 heterocycles. The molecule has 0 saturated heterocycles. The van der Waals surface area contributed by atoms with Gasteiger partial charge in [-0.3, -0.25) is 4.57 Å². The second-order valence-corrected chi connectivity index (χ2v) is 6.26. The number of alkyl halides is 3. The molecule has 26 heavy (non-hydrogen) atoms. The van der Waals surface area contributed by atoms with E-state index in [2.05, 4.69) is 10.1 Å². The molecule has 140 valence electrons. The lowest BCUT2D eigenvalue weighted by Gasteiger charge is -2.24. The molecule has 0 fully saturated rings.